The first kappa shape index (κ1) is 15.5. The van der Waals surface area contributed by atoms with Gasteiger partial charge in [-0.25, -0.2) is 4.39 Å². The first-order chi connectivity index (χ1) is 9.47. The highest BCUT2D eigenvalue weighted by Gasteiger charge is 2.13. The zero-order chi connectivity index (χ0) is 14.7. The number of halogens is 4. The third-order valence-electron chi connectivity index (χ3n) is 2.84. The van der Waals surface area contributed by atoms with Gasteiger partial charge in [-0.2, -0.15) is 0 Å². The Balaban J connectivity index is 2.13. The Morgan fingerprint density at radius 2 is 1.75 bits per heavy atom. The minimum absolute atomic E-state index is 0.0349. The third-order valence-corrected chi connectivity index (χ3v) is 4.28. The van der Waals surface area contributed by atoms with Crippen molar-refractivity contribution in [1.82, 2.24) is 0 Å². The van der Waals surface area contributed by atoms with E-state index in [-0.39, 0.29) is 24.4 Å². The van der Waals surface area contributed by atoms with E-state index in [0.29, 0.717) is 20.1 Å². The zero-order valence-corrected chi connectivity index (χ0v) is 13.4. The molecule has 0 amide bonds. The fraction of sp³-hybridized carbons (Fsp3) is 0.133. The second kappa shape index (κ2) is 6.70. The van der Waals surface area contributed by atoms with E-state index in [1.54, 1.807) is 24.3 Å². The molecule has 0 unspecified atom stereocenters. The van der Waals surface area contributed by atoms with Crippen molar-refractivity contribution in [1.29, 1.82) is 0 Å². The lowest BCUT2D eigenvalue weighted by Gasteiger charge is -2.07. The molecule has 0 aliphatic carbocycles. The predicted octanol–water partition coefficient (Wildman–Crippen LogP) is 5.25. The van der Waals surface area contributed by atoms with Gasteiger partial charge < -0.3 is 0 Å². The minimum Gasteiger partial charge on any atom is -0.299 e. The van der Waals surface area contributed by atoms with Crippen molar-refractivity contribution in [3.05, 3.63) is 67.9 Å². The summed E-state index contributed by atoms with van der Waals surface area (Å²) in [6.07, 6.45) is 0.352. The fourth-order valence-corrected chi connectivity index (χ4v) is 2.86. The van der Waals surface area contributed by atoms with Crippen molar-refractivity contribution >= 4 is 44.9 Å². The fourth-order valence-electron chi connectivity index (χ4n) is 1.84. The lowest BCUT2D eigenvalue weighted by atomic mass is 10.0. The lowest BCUT2D eigenvalue weighted by Crippen LogP contribution is -2.08. The van der Waals surface area contributed by atoms with E-state index in [9.17, 15) is 9.18 Å². The van der Waals surface area contributed by atoms with Crippen molar-refractivity contribution in [3.63, 3.8) is 0 Å². The maximum atomic E-state index is 13.0. The SMILES string of the molecule is O=C(Cc1ccc(F)cc1Br)Cc1c(Cl)cccc1Cl. The first-order valence-corrected chi connectivity index (χ1v) is 7.41. The summed E-state index contributed by atoms with van der Waals surface area (Å²) >= 11 is 15.3. The number of carbonyl (C=O) groups excluding carboxylic acids is 1. The van der Waals surface area contributed by atoms with Gasteiger partial charge in [-0.15, -0.1) is 0 Å². The number of carbonyl (C=O) groups is 1. The average molecular weight is 376 g/mol. The summed E-state index contributed by atoms with van der Waals surface area (Å²) in [5, 5.41) is 0.952. The van der Waals surface area contributed by atoms with Crippen LogP contribution in [0.5, 0.6) is 0 Å². The molecule has 0 saturated heterocycles. The van der Waals surface area contributed by atoms with Gasteiger partial charge in [-0.05, 0) is 35.4 Å². The topological polar surface area (TPSA) is 17.1 Å². The number of hydrogen-bond acceptors (Lipinski definition) is 1. The maximum absolute atomic E-state index is 13.0. The van der Waals surface area contributed by atoms with Crippen LogP contribution in [-0.4, -0.2) is 5.78 Å². The molecule has 0 radical (unpaired) electrons. The molecular weight excluding hydrogens is 366 g/mol. The highest BCUT2D eigenvalue weighted by atomic mass is 79.9. The van der Waals surface area contributed by atoms with Gasteiger partial charge in [0.25, 0.3) is 0 Å². The van der Waals surface area contributed by atoms with Gasteiger partial charge >= 0.3 is 0 Å². The molecule has 20 heavy (non-hydrogen) atoms. The van der Waals surface area contributed by atoms with Crippen LogP contribution in [0.1, 0.15) is 11.1 Å². The molecule has 0 atom stereocenters. The van der Waals surface area contributed by atoms with E-state index < -0.39 is 0 Å². The molecule has 1 nitrogen and oxygen atoms in total. The third kappa shape index (κ3) is 3.81. The molecule has 0 N–H and O–H groups in total. The summed E-state index contributed by atoms with van der Waals surface area (Å²) in [7, 11) is 0. The zero-order valence-electron chi connectivity index (χ0n) is 10.3. The van der Waals surface area contributed by atoms with Gasteiger partial charge in [0, 0.05) is 27.4 Å². The van der Waals surface area contributed by atoms with E-state index in [1.165, 1.54) is 12.1 Å². The second-order valence-corrected chi connectivity index (χ2v) is 6.00. The monoisotopic (exact) mass is 374 g/mol. The highest BCUT2D eigenvalue weighted by molar-refractivity contribution is 9.10. The number of hydrogen-bond donors (Lipinski definition) is 0. The summed E-state index contributed by atoms with van der Waals surface area (Å²) in [6.45, 7) is 0. The van der Waals surface area contributed by atoms with Gasteiger partial charge in [0.05, 0.1) is 0 Å². The van der Waals surface area contributed by atoms with E-state index in [0.717, 1.165) is 5.56 Å². The van der Waals surface area contributed by atoms with Crippen LogP contribution in [-0.2, 0) is 17.6 Å². The summed E-state index contributed by atoms with van der Waals surface area (Å²) < 4.78 is 13.6. The molecule has 0 heterocycles. The molecule has 104 valence electrons. The van der Waals surface area contributed by atoms with Gasteiger partial charge in [0.15, 0.2) is 0 Å². The van der Waals surface area contributed by atoms with Crippen LogP contribution in [0.15, 0.2) is 40.9 Å². The summed E-state index contributed by atoms with van der Waals surface area (Å²) in [5.41, 5.74) is 1.36. The Kier molecular flexibility index (Phi) is 5.19. The van der Waals surface area contributed by atoms with Gasteiger partial charge in [-0.3, -0.25) is 4.79 Å². The summed E-state index contributed by atoms with van der Waals surface area (Å²) in [6, 6.07) is 9.38. The number of Topliss-reactive ketones (excluding diaryl/α,β-unsaturated/α-hetero) is 1. The normalized spacial score (nSPS) is 10.6. The van der Waals surface area contributed by atoms with E-state index >= 15 is 0 Å². The molecule has 2 rings (SSSR count). The van der Waals surface area contributed by atoms with E-state index in [1.807, 2.05) is 0 Å². The largest absolute Gasteiger partial charge is 0.299 e. The van der Waals surface area contributed by atoms with Crippen LogP contribution < -0.4 is 0 Å². The Bertz CT molecular complexity index is 638. The molecular formula is C15H10BrCl2FO. The highest BCUT2D eigenvalue weighted by Crippen LogP contribution is 2.26. The lowest BCUT2D eigenvalue weighted by molar-refractivity contribution is -0.117. The predicted molar refractivity (Wildman–Crippen MR) is 83.0 cm³/mol. The van der Waals surface area contributed by atoms with Crippen molar-refractivity contribution in [3.8, 4) is 0 Å². The second-order valence-electron chi connectivity index (χ2n) is 4.33. The average Bonchev–Trinajstić information content (AvgIpc) is 2.37. The van der Waals surface area contributed by atoms with E-state index in [2.05, 4.69) is 15.9 Å². The standard InChI is InChI=1S/C15H10BrCl2FO/c16-13-7-10(19)5-4-9(13)6-11(20)8-12-14(17)2-1-3-15(12)18/h1-5,7H,6,8H2. The smallest absolute Gasteiger partial charge is 0.141 e. The summed E-state index contributed by atoms with van der Waals surface area (Å²) in [5.74, 6) is -0.380. The molecule has 2 aromatic carbocycles. The van der Waals surface area contributed by atoms with Gasteiger partial charge in [0.1, 0.15) is 11.6 Å². The quantitative estimate of drug-likeness (QED) is 0.713. The molecule has 0 bridgehead atoms. The van der Waals surface area contributed by atoms with Crippen molar-refractivity contribution in [2.75, 3.05) is 0 Å². The molecule has 0 aromatic heterocycles. The molecule has 0 fully saturated rings. The van der Waals surface area contributed by atoms with Crippen LogP contribution in [0.25, 0.3) is 0 Å². The van der Waals surface area contributed by atoms with Crippen LogP contribution in [0.2, 0.25) is 10.0 Å². The molecule has 0 aliphatic heterocycles. The Labute approximate surface area is 134 Å². The Morgan fingerprint density at radius 3 is 2.35 bits per heavy atom. The van der Waals surface area contributed by atoms with Crippen molar-refractivity contribution < 1.29 is 9.18 Å². The Morgan fingerprint density at radius 1 is 1.10 bits per heavy atom. The molecule has 0 aliphatic rings. The number of benzene rings is 2. The van der Waals surface area contributed by atoms with Crippen LogP contribution in [0.4, 0.5) is 4.39 Å². The molecule has 2 aromatic rings. The molecule has 5 heteroatoms. The molecule has 0 spiro atoms. The summed E-state index contributed by atoms with van der Waals surface area (Å²) in [4.78, 5) is 12.1. The molecule has 0 saturated carbocycles. The van der Waals surface area contributed by atoms with Gasteiger partial charge in [0.2, 0.25) is 0 Å². The van der Waals surface area contributed by atoms with Gasteiger partial charge in [-0.1, -0.05) is 51.3 Å². The van der Waals surface area contributed by atoms with Crippen molar-refractivity contribution in [2.24, 2.45) is 0 Å². The number of rotatable bonds is 4. The first-order valence-electron chi connectivity index (χ1n) is 5.86. The maximum Gasteiger partial charge on any atom is 0.141 e. The Hall–Kier alpha value is -0.900. The number of ketones is 1. The van der Waals surface area contributed by atoms with Crippen molar-refractivity contribution in [2.45, 2.75) is 12.8 Å². The van der Waals surface area contributed by atoms with Crippen LogP contribution in [0, 0.1) is 5.82 Å². The van der Waals surface area contributed by atoms with Crippen LogP contribution >= 0.6 is 39.1 Å². The van der Waals surface area contributed by atoms with E-state index in [4.69, 9.17) is 23.2 Å². The minimum atomic E-state index is -0.345. The van der Waals surface area contributed by atoms with Crippen LogP contribution in [0.3, 0.4) is 0 Å².